The van der Waals surface area contributed by atoms with Gasteiger partial charge in [0.25, 0.3) is 0 Å². The molecule has 0 aliphatic heterocycles. The Labute approximate surface area is 75.1 Å². The summed E-state index contributed by atoms with van der Waals surface area (Å²) < 4.78 is 4.44. The Hall–Kier alpha value is -1.26. The smallest absolute Gasteiger partial charge is 0.407 e. The third kappa shape index (κ3) is 0.928. The highest BCUT2D eigenvalue weighted by atomic mass is 16.5. The summed E-state index contributed by atoms with van der Waals surface area (Å²) in [4.78, 5) is 21.5. The van der Waals surface area contributed by atoms with E-state index in [9.17, 15) is 9.59 Å². The van der Waals surface area contributed by atoms with Crippen molar-refractivity contribution in [2.75, 3.05) is 7.11 Å². The number of alkyl carbamates (subject to hydrolysis) is 1. The van der Waals surface area contributed by atoms with Crippen LogP contribution >= 0.6 is 0 Å². The van der Waals surface area contributed by atoms with E-state index in [4.69, 9.17) is 5.11 Å². The zero-order chi connectivity index (χ0) is 9.69. The van der Waals surface area contributed by atoms with Crippen LogP contribution in [0.1, 0.15) is 19.3 Å². The molecule has 13 heavy (non-hydrogen) atoms. The Bertz CT molecular complexity index is 266. The number of methoxy groups -OCH3 is 1. The molecule has 2 N–H and O–H groups in total. The molecule has 0 unspecified atom stereocenters. The predicted molar refractivity (Wildman–Crippen MR) is 42.2 cm³/mol. The molecule has 0 radical (unpaired) electrons. The standard InChI is InChI=1S/C8H11NO4/c1-13-6(12)9-8-2-7(3-8,4-8)5(10)11/h2-4H2,1H3,(H,9,12)(H,10,11). The first-order valence-electron chi connectivity index (χ1n) is 4.12. The van der Waals surface area contributed by atoms with E-state index in [2.05, 4.69) is 10.1 Å². The zero-order valence-corrected chi connectivity index (χ0v) is 7.29. The lowest BCUT2D eigenvalue weighted by Gasteiger charge is -2.67. The second-order valence-corrected chi connectivity index (χ2v) is 4.01. The van der Waals surface area contributed by atoms with Crippen molar-refractivity contribution in [3.05, 3.63) is 0 Å². The molecule has 3 saturated carbocycles. The highest BCUT2D eigenvalue weighted by Crippen LogP contribution is 2.67. The van der Waals surface area contributed by atoms with Crippen LogP contribution in [0.4, 0.5) is 4.79 Å². The molecule has 2 bridgehead atoms. The number of carboxylic acids is 1. The first kappa shape index (κ1) is 8.34. The van der Waals surface area contributed by atoms with Crippen LogP contribution in [0, 0.1) is 5.41 Å². The van der Waals surface area contributed by atoms with Crippen molar-refractivity contribution < 1.29 is 19.4 Å². The average molecular weight is 185 g/mol. The van der Waals surface area contributed by atoms with Gasteiger partial charge in [0.15, 0.2) is 0 Å². The molecular formula is C8H11NO4. The van der Waals surface area contributed by atoms with E-state index in [0.29, 0.717) is 19.3 Å². The summed E-state index contributed by atoms with van der Waals surface area (Å²) in [6, 6.07) is 0. The third-order valence-electron chi connectivity index (χ3n) is 3.04. The number of rotatable bonds is 2. The molecule has 0 saturated heterocycles. The van der Waals surface area contributed by atoms with E-state index in [1.165, 1.54) is 7.11 Å². The van der Waals surface area contributed by atoms with Gasteiger partial charge >= 0.3 is 12.1 Å². The fourth-order valence-corrected chi connectivity index (χ4v) is 2.41. The van der Waals surface area contributed by atoms with Gasteiger partial charge in [0.1, 0.15) is 0 Å². The van der Waals surface area contributed by atoms with Crippen molar-refractivity contribution >= 4 is 12.1 Å². The van der Waals surface area contributed by atoms with Crippen molar-refractivity contribution in [1.82, 2.24) is 5.32 Å². The van der Waals surface area contributed by atoms with Crippen LogP contribution in [0.3, 0.4) is 0 Å². The van der Waals surface area contributed by atoms with Gasteiger partial charge in [0.05, 0.1) is 12.5 Å². The van der Waals surface area contributed by atoms with Crippen molar-refractivity contribution in [2.24, 2.45) is 5.41 Å². The normalized spacial score (nSPS) is 39.8. The van der Waals surface area contributed by atoms with Gasteiger partial charge in [-0.05, 0) is 19.3 Å². The van der Waals surface area contributed by atoms with Gasteiger partial charge in [0.2, 0.25) is 0 Å². The lowest BCUT2D eigenvalue weighted by molar-refractivity contribution is -0.196. The predicted octanol–water partition coefficient (Wildman–Crippen LogP) is 0.350. The maximum atomic E-state index is 10.8. The van der Waals surface area contributed by atoms with E-state index >= 15 is 0 Å². The molecule has 0 heterocycles. The molecule has 1 amide bonds. The Morgan fingerprint density at radius 1 is 1.38 bits per heavy atom. The van der Waals surface area contributed by atoms with Gasteiger partial charge < -0.3 is 15.2 Å². The average Bonchev–Trinajstić information content (AvgIpc) is 1.92. The van der Waals surface area contributed by atoms with Crippen LogP contribution in [0.2, 0.25) is 0 Å². The second-order valence-electron chi connectivity index (χ2n) is 4.01. The summed E-state index contributed by atoms with van der Waals surface area (Å²) in [6.45, 7) is 0. The molecule has 3 aliphatic carbocycles. The molecule has 3 rings (SSSR count). The monoisotopic (exact) mass is 185 g/mol. The van der Waals surface area contributed by atoms with Crippen LogP contribution in [0.5, 0.6) is 0 Å². The number of hydrogen-bond donors (Lipinski definition) is 2. The summed E-state index contributed by atoms with van der Waals surface area (Å²) in [7, 11) is 1.30. The minimum absolute atomic E-state index is 0.272. The molecule has 3 fully saturated rings. The van der Waals surface area contributed by atoms with Crippen molar-refractivity contribution in [1.29, 1.82) is 0 Å². The zero-order valence-electron chi connectivity index (χ0n) is 7.29. The summed E-state index contributed by atoms with van der Waals surface area (Å²) in [6.07, 6.45) is 1.16. The Kier molecular flexibility index (Phi) is 1.38. The quantitative estimate of drug-likeness (QED) is 0.650. The maximum Gasteiger partial charge on any atom is 0.407 e. The van der Waals surface area contributed by atoms with E-state index in [-0.39, 0.29) is 5.54 Å². The Morgan fingerprint density at radius 2 is 1.92 bits per heavy atom. The number of aliphatic carboxylic acids is 1. The minimum Gasteiger partial charge on any atom is -0.481 e. The number of hydrogen-bond acceptors (Lipinski definition) is 3. The summed E-state index contributed by atoms with van der Waals surface area (Å²) in [5, 5.41) is 11.5. The van der Waals surface area contributed by atoms with Crippen LogP contribution in [0.15, 0.2) is 0 Å². The Balaban J connectivity index is 1.90. The van der Waals surface area contributed by atoms with Gasteiger partial charge in [-0.25, -0.2) is 4.79 Å². The van der Waals surface area contributed by atoms with Gasteiger partial charge in [-0.15, -0.1) is 0 Å². The van der Waals surface area contributed by atoms with Crippen molar-refractivity contribution in [3.8, 4) is 0 Å². The minimum atomic E-state index is -0.749. The molecule has 0 spiro atoms. The highest BCUT2D eigenvalue weighted by molar-refractivity contribution is 5.82. The highest BCUT2D eigenvalue weighted by Gasteiger charge is 2.72. The number of carboxylic acid groups (broad SMARTS) is 1. The van der Waals surface area contributed by atoms with Crippen LogP contribution in [-0.4, -0.2) is 29.8 Å². The van der Waals surface area contributed by atoms with Gasteiger partial charge in [-0.3, -0.25) is 4.79 Å². The molecule has 72 valence electrons. The number of ether oxygens (including phenoxy) is 1. The maximum absolute atomic E-state index is 10.8. The SMILES string of the molecule is COC(=O)NC12CC(C(=O)O)(C1)C2. The van der Waals surface area contributed by atoms with Crippen LogP contribution in [-0.2, 0) is 9.53 Å². The number of nitrogens with one attached hydrogen (secondary N) is 1. The van der Waals surface area contributed by atoms with E-state index in [1.807, 2.05) is 0 Å². The van der Waals surface area contributed by atoms with Gasteiger partial charge in [-0.2, -0.15) is 0 Å². The summed E-state index contributed by atoms with van der Waals surface area (Å²) >= 11 is 0. The van der Waals surface area contributed by atoms with Gasteiger partial charge in [-0.1, -0.05) is 0 Å². The molecule has 5 heteroatoms. The first-order valence-corrected chi connectivity index (χ1v) is 4.12. The number of amides is 1. The molecular weight excluding hydrogens is 174 g/mol. The lowest BCUT2D eigenvalue weighted by Crippen LogP contribution is -2.77. The molecule has 0 aromatic heterocycles. The van der Waals surface area contributed by atoms with Crippen molar-refractivity contribution in [3.63, 3.8) is 0 Å². The third-order valence-corrected chi connectivity index (χ3v) is 3.04. The van der Waals surface area contributed by atoms with E-state index in [0.717, 1.165) is 0 Å². The fourth-order valence-electron chi connectivity index (χ4n) is 2.41. The van der Waals surface area contributed by atoms with Crippen molar-refractivity contribution in [2.45, 2.75) is 24.8 Å². The van der Waals surface area contributed by atoms with E-state index < -0.39 is 17.5 Å². The fraction of sp³-hybridized carbons (Fsp3) is 0.750. The number of carbonyl (C=O) groups is 2. The lowest BCUT2D eigenvalue weighted by atomic mass is 9.39. The first-order chi connectivity index (χ1) is 6.02. The molecule has 3 aliphatic rings. The summed E-state index contributed by atoms with van der Waals surface area (Å²) in [5.74, 6) is -0.749. The summed E-state index contributed by atoms with van der Waals surface area (Å²) in [5.41, 5.74) is -0.813. The molecule has 0 aromatic carbocycles. The van der Waals surface area contributed by atoms with Crippen LogP contribution in [0.25, 0.3) is 0 Å². The topological polar surface area (TPSA) is 75.6 Å². The van der Waals surface area contributed by atoms with Crippen LogP contribution < -0.4 is 5.32 Å². The molecule has 5 nitrogen and oxygen atoms in total. The van der Waals surface area contributed by atoms with E-state index in [1.54, 1.807) is 0 Å². The van der Waals surface area contributed by atoms with Gasteiger partial charge in [0, 0.05) is 5.54 Å². The number of carbonyl (C=O) groups excluding carboxylic acids is 1. The largest absolute Gasteiger partial charge is 0.481 e. The molecule has 0 atom stereocenters. The molecule has 0 aromatic rings. The second kappa shape index (κ2) is 2.16. The Morgan fingerprint density at radius 3 is 2.31 bits per heavy atom.